The number of fused-ring (bicyclic) bond motifs is 1. The van der Waals surface area contributed by atoms with E-state index < -0.39 is 0 Å². The van der Waals surface area contributed by atoms with E-state index in [1.165, 1.54) is 12.8 Å². The summed E-state index contributed by atoms with van der Waals surface area (Å²) in [5, 5.41) is 9.57. The maximum Gasteiger partial charge on any atom is 0.0654 e. The first-order chi connectivity index (χ1) is 6.68. The molecule has 1 N–H and O–H groups in total. The maximum atomic E-state index is 9.57. The zero-order chi connectivity index (χ0) is 10.2. The van der Waals surface area contributed by atoms with Crippen molar-refractivity contribution in [1.82, 2.24) is 0 Å². The predicted molar refractivity (Wildman–Crippen MR) is 56.1 cm³/mol. The second-order valence-electron chi connectivity index (χ2n) is 5.42. The van der Waals surface area contributed by atoms with Crippen LogP contribution in [0.15, 0.2) is 0 Å². The summed E-state index contributed by atoms with van der Waals surface area (Å²) in [7, 11) is 0. The molecule has 0 aromatic carbocycles. The highest BCUT2D eigenvalue weighted by Gasteiger charge is 2.48. The quantitative estimate of drug-likeness (QED) is 0.737. The third-order valence-electron chi connectivity index (χ3n) is 4.33. The molecule has 1 aliphatic heterocycles. The summed E-state index contributed by atoms with van der Waals surface area (Å²) in [6.07, 6.45) is 5.03. The molecule has 2 aliphatic rings. The number of ether oxygens (including phenoxy) is 1. The number of rotatable bonds is 2. The molecule has 2 heteroatoms. The lowest BCUT2D eigenvalue weighted by molar-refractivity contribution is -0.0381. The molecule has 0 radical (unpaired) electrons. The van der Waals surface area contributed by atoms with Gasteiger partial charge in [-0.1, -0.05) is 13.8 Å². The molecular formula is C12H22O2. The standard InChI is InChI=1S/C12H22O2/c1-9(2)10-3-4-11-12(7-10,8-13)5-6-14-11/h9-11,13H,3-8H2,1-2H3/t10-,11+,12-/m1/s1. The van der Waals surface area contributed by atoms with E-state index in [1.54, 1.807) is 0 Å². The zero-order valence-corrected chi connectivity index (χ0v) is 9.33. The summed E-state index contributed by atoms with van der Waals surface area (Å²) in [4.78, 5) is 0. The molecule has 1 aliphatic carbocycles. The second-order valence-corrected chi connectivity index (χ2v) is 5.42. The normalized spacial score (nSPS) is 42.9. The van der Waals surface area contributed by atoms with Crippen molar-refractivity contribution in [3.63, 3.8) is 0 Å². The molecule has 1 saturated heterocycles. The van der Waals surface area contributed by atoms with Crippen molar-refractivity contribution in [2.75, 3.05) is 13.2 Å². The highest BCUT2D eigenvalue weighted by atomic mass is 16.5. The minimum Gasteiger partial charge on any atom is -0.396 e. The summed E-state index contributed by atoms with van der Waals surface area (Å²) < 4.78 is 5.72. The van der Waals surface area contributed by atoms with Crippen LogP contribution in [-0.2, 0) is 4.74 Å². The van der Waals surface area contributed by atoms with E-state index in [2.05, 4.69) is 13.8 Å². The molecule has 82 valence electrons. The summed E-state index contributed by atoms with van der Waals surface area (Å²) in [5.74, 6) is 1.54. The first kappa shape index (κ1) is 10.4. The van der Waals surface area contributed by atoms with E-state index in [9.17, 15) is 5.11 Å². The van der Waals surface area contributed by atoms with Crippen molar-refractivity contribution >= 4 is 0 Å². The Balaban J connectivity index is 2.09. The SMILES string of the molecule is CC(C)[C@@H]1CC[C@@H]2OCC[C@]2(CO)C1. The second kappa shape index (κ2) is 3.82. The van der Waals surface area contributed by atoms with E-state index in [0.717, 1.165) is 31.3 Å². The first-order valence-corrected chi connectivity index (χ1v) is 5.90. The summed E-state index contributed by atoms with van der Waals surface area (Å²) >= 11 is 0. The van der Waals surface area contributed by atoms with Gasteiger partial charge in [0.2, 0.25) is 0 Å². The Bertz CT molecular complexity index is 202. The van der Waals surface area contributed by atoms with Crippen LogP contribution in [0.1, 0.15) is 39.5 Å². The molecule has 2 nitrogen and oxygen atoms in total. The van der Waals surface area contributed by atoms with Gasteiger partial charge in [-0.2, -0.15) is 0 Å². The molecule has 0 unspecified atom stereocenters. The van der Waals surface area contributed by atoms with Gasteiger partial charge in [0.25, 0.3) is 0 Å². The van der Waals surface area contributed by atoms with Gasteiger partial charge in [-0.25, -0.2) is 0 Å². The van der Waals surface area contributed by atoms with Gasteiger partial charge in [0.05, 0.1) is 12.7 Å². The molecule has 0 bridgehead atoms. The smallest absolute Gasteiger partial charge is 0.0654 e. The highest BCUT2D eigenvalue weighted by Crippen LogP contribution is 2.48. The minimum absolute atomic E-state index is 0.118. The first-order valence-electron chi connectivity index (χ1n) is 5.90. The minimum atomic E-state index is 0.118. The van der Waals surface area contributed by atoms with E-state index >= 15 is 0 Å². The highest BCUT2D eigenvalue weighted by molar-refractivity contribution is 4.97. The molecule has 2 fully saturated rings. The number of hydrogen-bond acceptors (Lipinski definition) is 2. The lowest BCUT2D eigenvalue weighted by Gasteiger charge is -2.42. The van der Waals surface area contributed by atoms with Gasteiger partial charge >= 0.3 is 0 Å². The molecule has 0 aromatic heterocycles. The molecule has 2 rings (SSSR count). The van der Waals surface area contributed by atoms with Crippen molar-refractivity contribution in [1.29, 1.82) is 0 Å². The maximum absolute atomic E-state index is 9.57. The Morgan fingerprint density at radius 1 is 1.43 bits per heavy atom. The summed E-state index contributed by atoms with van der Waals surface area (Å²) in [5.41, 5.74) is 0.118. The molecule has 1 heterocycles. The Morgan fingerprint density at radius 2 is 2.21 bits per heavy atom. The van der Waals surface area contributed by atoms with E-state index in [4.69, 9.17) is 4.74 Å². The molecule has 0 spiro atoms. The van der Waals surface area contributed by atoms with Gasteiger partial charge in [0, 0.05) is 12.0 Å². The van der Waals surface area contributed by atoms with Gasteiger partial charge in [-0.15, -0.1) is 0 Å². The fourth-order valence-corrected chi connectivity index (χ4v) is 3.17. The van der Waals surface area contributed by atoms with Crippen LogP contribution in [0.5, 0.6) is 0 Å². The van der Waals surface area contributed by atoms with Crippen LogP contribution in [0.4, 0.5) is 0 Å². The Hall–Kier alpha value is -0.0800. The average molecular weight is 198 g/mol. The Labute approximate surface area is 86.6 Å². The van der Waals surface area contributed by atoms with Crippen LogP contribution in [0.3, 0.4) is 0 Å². The van der Waals surface area contributed by atoms with Gasteiger partial charge in [-0.05, 0) is 37.5 Å². The van der Waals surface area contributed by atoms with Crippen LogP contribution in [-0.4, -0.2) is 24.4 Å². The van der Waals surface area contributed by atoms with Crippen molar-refractivity contribution in [2.24, 2.45) is 17.3 Å². The van der Waals surface area contributed by atoms with Crippen LogP contribution >= 0.6 is 0 Å². The van der Waals surface area contributed by atoms with E-state index in [1.807, 2.05) is 0 Å². The topological polar surface area (TPSA) is 29.5 Å². The molecule has 0 aromatic rings. The molecule has 1 saturated carbocycles. The number of hydrogen-bond donors (Lipinski definition) is 1. The average Bonchev–Trinajstić information content (AvgIpc) is 2.60. The lowest BCUT2D eigenvalue weighted by atomic mass is 9.65. The number of aliphatic hydroxyl groups is 1. The molecule has 14 heavy (non-hydrogen) atoms. The zero-order valence-electron chi connectivity index (χ0n) is 9.33. The van der Waals surface area contributed by atoms with Gasteiger partial charge in [0.1, 0.15) is 0 Å². The van der Waals surface area contributed by atoms with Crippen LogP contribution in [0, 0.1) is 17.3 Å². The van der Waals surface area contributed by atoms with Crippen molar-refractivity contribution in [3.8, 4) is 0 Å². The van der Waals surface area contributed by atoms with Gasteiger partial charge < -0.3 is 9.84 Å². The van der Waals surface area contributed by atoms with Crippen molar-refractivity contribution in [2.45, 2.75) is 45.6 Å². The molecule has 0 amide bonds. The van der Waals surface area contributed by atoms with Crippen molar-refractivity contribution in [3.05, 3.63) is 0 Å². The fourth-order valence-electron chi connectivity index (χ4n) is 3.17. The van der Waals surface area contributed by atoms with Gasteiger partial charge in [0.15, 0.2) is 0 Å². The number of aliphatic hydroxyl groups excluding tert-OH is 1. The Morgan fingerprint density at radius 3 is 2.86 bits per heavy atom. The summed E-state index contributed by atoms with van der Waals surface area (Å²) in [6.45, 7) is 5.77. The van der Waals surface area contributed by atoms with E-state index in [-0.39, 0.29) is 5.41 Å². The van der Waals surface area contributed by atoms with Crippen LogP contribution in [0.25, 0.3) is 0 Å². The fraction of sp³-hybridized carbons (Fsp3) is 1.00. The van der Waals surface area contributed by atoms with E-state index in [0.29, 0.717) is 12.7 Å². The van der Waals surface area contributed by atoms with Crippen LogP contribution in [0.2, 0.25) is 0 Å². The summed E-state index contributed by atoms with van der Waals surface area (Å²) in [6, 6.07) is 0. The monoisotopic (exact) mass is 198 g/mol. The van der Waals surface area contributed by atoms with Crippen molar-refractivity contribution < 1.29 is 9.84 Å². The van der Waals surface area contributed by atoms with Gasteiger partial charge in [-0.3, -0.25) is 0 Å². The molecular weight excluding hydrogens is 176 g/mol. The predicted octanol–water partition coefficient (Wildman–Crippen LogP) is 2.21. The lowest BCUT2D eigenvalue weighted by Crippen LogP contribution is -2.41. The molecule has 3 atom stereocenters. The Kier molecular flexibility index (Phi) is 2.85. The largest absolute Gasteiger partial charge is 0.396 e. The third kappa shape index (κ3) is 1.59. The third-order valence-corrected chi connectivity index (χ3v) is 4.33. The van der Waals surface area contributed by atoms with Crippen LogP contribution < -0.4 is 0 Å².